The van der Waals surface area contributed by atoms with Crippen molar-refractivity contribution in [2.75, 3.05) is 5.33 Å². The molecule has 0 saturated heterocycles. The van der Waals surface area contributed by atoms with E-state index < -0.39 is 0 Å². The van der Waals surface area contributed by atoms with Gasteiger partial charge in [0.2, 0.25) is 0 Å². The molecule has 0 saturated carbocycles. The molecular weight excluding hydrogens is 164 g/mol. The van der Waals surface area contributed by atoms with Crippen LogP contribution in [0.15, 0.2) is 12.7 Å². The van der Waals surface area contributed by atoms with Gasteiger partial charge in [0.1, 0.15) is 0 Å². The minimum Gasteiger partial charge on any atom is -0.103 e. The van der Waals surface area contributed by atoms with Crippen molar-refractivity contribution in [1.29, 1.82) is 0 Å². The van der Waals surface area contributed by atoms with Crippen LogP contribution >= 0.6 is 15.9 Å². The zero-order valence-electron chi connectivity index (χ0n) is 5.58. The Kier molecular flexibility index (Phi) is 3.38. The van der Waals surface area contributed by atoms with Crippen LogP contribution < -0.4 is 0 Å². The molecule has 0 spiro atoms. The second kappa shape index (κ2) is 3.29. The Bertz CT molecular complexity index is 74.5. The first-order valence-electron chi connectivity index (χ1n) is 2.82. The highest BCUT2D eigenvalue weighted by molar-refractivity contribution is 9.09. The van der Waals surface area contributed by atoms with Crippen LogP contribution in [0.5, 0.6) is 0 Å². The van der Waals surface area contributed by atoms with Crippen LogP contribution in [0.25, 0.3) is 0 Å². The largest absolute Gasteiger partial charge is 0.103 e. The van der Waals surface area contributed by atoms with Crippen LogP contribution in [0.4, 0.5) is 0 Å². The fourth-order valence-corrected chi connectivity index (χ4v) is 1.37. The molecular formula is C7H13Br. The summed E-state index contributed by atoms with van der Waals surface area (Å²) in [6, 6.07) is 0. The second-order valence-electron chi connectivity index (χ2n) is 2.63. The minimum atomic E-state index is 0.309. The highest BCUT2D eigenvalue weighted by Gasteiger charge is 2.09. The first-order chi connectivity index (χ1) is 3.62. The van der Waals surface area contributed by atoms with Crippen molar-refractivity contribution in [3.8, 4) is 0 Å². The summed E-state index contributed by atoms with van der Waals surface area (Å²) in [5.41, 5.74) is 0.309. The summed E-state index contributed by atoms with van der Waals surface area (Å²) in [6.07, 6.45) is 3.16. The lowest BCUT2D eigenvalue weighted by Crippen LogP contribution is -2.06. The van der Waals surface area contributed by atoms with Crippen molar-refractivity contribution in [2.24, 2.45) is 5.41 Å². The zero-order valence-corrected chi connectivity index (χ0v) is 7.16. The Morgan fingerprint density at radius 3 is 2.25 bits per heavy atom. The van der Waals surface area contributed by atoms with E-state index in [0.29, 0.717) is 5.41 Å². The Labute approximate surface area is 60.1 Å². The Morgan fingerprint density at radius 1 is 1.62 bits per heavy atom. The molecule has 0 fully saturated rings. The van der Waals surface area contributed by atoms with Crippen LogP contribution in [-0.2, 0) is 0 Å². The SMILES string of the molecule is C=CC(C)(C)CCBr. The van der Waals surface area contributed by atoms with E-state index in [4.69, 9.17) is 0 Å². The lowest BCUT2D eigenvalue weighted by molar-refractivity contribution is 0.469. The van der Waals surface area contributed by atoms with E-state index in [1.165, 1.54) is 0 Å². The van der Waals surface area contributed by atoms with E-state index in [0.717, 1.165) is 11.8 Å². The van der Waals surface area contributed by atoms with Crippen LogP contribution in [0.3, 0.4) is 0 Å². The van der Waals surface area contributed by atoms with Crippen molar-refractivity contribution < 1.29 is 0 Å². The van der Waals surface area contributed by atoms with E-state index in [9.17, 15) is 0 Å². The molecule has 0 aliphatic heterocycles. The predicted octanol–water partition coefficient (Wildman–Crippen LogP) is 2.98. The monoisotopic (exact) mass is 176 g/mol. The molecule has 0 bridgehead atoms. The molecule has 48 valence electrons. The molecule has 0 aromatic heterocycles. The summed E-state index contributed by atoms with van der Waals surface area (Å²) in [5, 5.41) is 1.06. The topological polar surface area (TPSA) is 0 Å². The Hall–Kier alpha value is 0.220. The van der Waals surface area contributed by atoms with Gasteiger partial charge in [-0.25, -0.2) is 0 Å². The van der Waals surface area contributed by atoms with E-state index >= 15 is 0 Å². The summed E-state index contributed by atoms with van der Waals surface area (Å²) in [7, 11) is 0. The molecule has 0 rings (SSSR count). The predicted molar refractivity (Wildman–Crippen MR) is 42.4 cm³/mol. The Balaban J connectivity index is 3.53. The van der Waals surface area contributed by atoms with Crippen molar-refractivity contribution in [2.45, 2.75) is 20.3 Å². The third kappa shape index (κ3) is 3.25. The quantitative estimate of drug-likeness (QED) is 0.459. The molecule has 0 unspecified atom stereocenters. The van der Waals surface area contributed by atoms with Crippen LogP contribution in [0.2, 0.25) is 0 Å². The molecule has 0 amide bonds. The first kappa shape index (κ1) is 8.22. The van der Waals surface area contributed by atoms with Gasteiger partial charge >= 0.3 is 0 Å². The molecule has 0 atom stereocenters. The second-order valence-corrected chi connectivity index (χ2v) is 3.42. The van der Waals surface area contributed by atoms with Crippen LogP contribution in [0.1, 0.15) is 20.3 Å². The van der Waals surface area contributed by atoms with Crippen molar-refractivity contribution in [3.05, 3.63) is 12.7 Å². The molecule has 0 aromatic rings. The minimum absolute atomic E-state index is 0.309. The fraction of sp³-hybridized carbons (Fsp3) is 0.714. The summed E-state index contributed by atoms with van der Waals surface area (Å²) < 4.78 is 0. The number of rotatable bonds is 3. The highest BCUT2D eigenvalue weighted by Crippen LogP contribution is 2.21. The maximum absolute atomic E-state index is 3.73. The van der Waals surface area contributed by atoms with Gasteiger partial charge in [0, 0.05) is 5.33 Å². The standard InChI is InChI=1S/C7H13Br/c1-4-7(2,3)5-6-8/h4H,1,5-6H2,2-3H3. The average molecular weight is 177 g/mol. The molecule has 0 radical (unpaired) electrons. The highest BCUT2D eigenvalue weighted by atomic mass is 79.9. The first-order valence-corrected chi connectivity index (χ1v) is 3.94. The van der Waals surface area contributed by atoms with Gasteiger partial charge < -0.3 is 0 Å². The summed E-state index contributed by atoms with van der Waals surface area (Å²) in [6.45, 7) is 8.09. The summed E-state index contributed by atoms with van der Waals surface area (Å²) in [4.78, 5) is 0. The fourth-order valence-electron chi connectivity index (χ4n) is 0.346. The molecule has 0 nitrogen and oxygen atoms in total. The van der Waals surface area contributed by atoms with Gasteiger partial charge in [-0.3, -0.25) is 0 Å². The number of alkyl halides is 1. The molecule has 0 N–H and O–H groups in total. The van der Waals surface area contributed by atoms with Crippen molar-refractivity contribution >= 4 is 15.9 Å². The average Bonchev–Trinajstić information content (AvgIpc) is 1.67. The van der Waals surface area contributed by atoms with E-state index in [1.807, 2.05) is 6.08 Å². The van der Waals surface area contributed by atoms with E-state index in [-0.39, 0.29) is 0 Å². The van der Waals surface area contributed by atoms with Gasteiger partial charge in [-0.05, 0) is 11.8 Å². The van der Waals surface area contributed by atoms with Gasteiger partial charge in [-0.15, -0.1) is 6.58 Å². The summed E-state index contributed by atoms with van der Waals surface area (Å²) >= 11 is 3.38. The molecule has 0 aromatic carbocycles. The molecule has 0 aliphatic carbocycles. The van der Waals surface area contributed by atoms with E-state index in [2.05, 4.69) is 36.4 Å². The maximum atomic E-state index is 3.73. The number of allylic oxidation sites excluding steroid dienone is 1. The van der Waals surface area contributed by atoms with Crippen LogP contribution in [0, 0.1) is 5.41 Å². The van der Waals surface area contributed by atoms with Gasteiger partial charge in [-0.2, -0.15) is 0 Å². The number of halogens is 1. The number of hydrogen-bond acceptors (Lipinski definition) is 0. The third-order valence-corrected chi connectivity index (χ3v) is 1.69. The van der Waals surface area contributed by atoms with Gasteiger partial charge in [0.15, 0.2) is 0 Å². The molecule has 8 heavy (non-hydrogen) atoms. The maximum Gasteiger partial charge on any atom is 0.00393 e. The van der Waals surface area contributed by atoms with Gasteiger partial charge in [0.25, 0.3) is 0 Å². The zero-order chi connectivity index (χ0) is 6.62. The lowest BCUT2D eigenvalue weighted by Gasteiger charge is -2.16. The van der Waals surface area contributed by atoms with Crippen molar-refractivity contribution in [3.63, 3.8) is 0 Å². The molecule has 0 heterocycles. The van der Waals surface area contributed by atoms with Gasteiger partial charge in [0.05, 0.1) is 0 Å². The molecule has 1 heteroatoms. The third-order valence-electron chi connectivity index (χ3n) is 1.29. The number of hydrogen-bond donors (Lipinski definition) is 0. The Morgan fingerprint density at radius 2 is 2.12 bits per heavy atom. The normalized spacial score (nSPS) is 11.4. The van der Waals surface area contributed by atoms with Crippen LogP contribution in [-0.4, -0.2) is 5.33 Å². The molecule has 0 aliphatic rings. The van der Waals surface area contributed by atoms with E-state index in [1.54, 1.807) is 0 Å². The summed E-state index contributed by atoms with van der Waals surface area (Å²) in [5.74, 6) is 0. The smallest absolute Gasteiger partial charge is 0.00393 e. The lowest BCUT2D eigenvalue weighted by atomic mass is 9.91. The van der Waals surface area contributed by atoms with Gasteiger partial charge in [-0.1, -0.05) is 35.9 Å². The van der Waals surface area contributed by atoms with Crippen molar-refractivity contribution in [1.82, 2.24) is 0 Å².